The van der Waals surface area contributed by atoms with E-state index in [4.69, 9.17) is 4.74 Å². The molecule has 1 heterocycles. The van der Waals surface area contributed by atoms with Gasteiger partial charge in [-0.15, -0.1) is 0 Å². The molecule has 0 radical (unpaired) electrons. The molecule has 0 saturated carbocycles. The normalized spacial score (nSPS) is 24.1. The SMILES string of the molecule is COc1ccccc1CN1CCC[C@H](C(=O)O)[C@@H]1C. The highest BCUT2D eigenvalue weighted by molar-refractivity contribution is 5.71. The number of rotatable bonds is 4. The number of nitrogens with zero attached hydrogens (tertiary/aromatic N) is 1. The molecule has 0 amide bonds. The van der Waals surface area contributed by atoms with Crippen molar-refractivity contribution in [2.24, 2.45) is 5.92 Å². The van der Waals surface area contributed by atoms with Gasteiger partial charge in [-0.2, -0.15) is 0 Å². The first-order valence-corrected chi connectivity index (χ1v) is 6.72. The number of carbonyl (C=O) groups is 1. The standard InChI is InChI=1S/C15H21NO3/c1-11-13(15(17)18)7-5-9-16(11)10-12-6-3-4-8-14(12)19-2/h3-4,6,8,11,13H,5,7,9-10H2,1-2H3,(H,17,18)/t11-,13-/m0/s1. The molecule has 4 nitrogen and oxygen atoms in total. The Morgan fingerprint density at radius 1 is 1.47 bits per heavy atom. The largest absolute Gasteiger partial charge is 0.496 e. The van der Waals surface area contributed by atoms with Crippen molar-refractivity contribution in [3.05, 3.63) is 29.8 Å². The van der Waals surface area contributed by atoms with Gasteiger partial charge in [0, 0.05) is 18.2 Å². The molecule has 104 valence electrons. The van der Waals surface area contributed by atoms with Gasteiger partial charge in [-0.1, -0.05) is 18.2 Å². The molecule has 1 aliphatic rings. The average Bonchev–Trinajstić information content (AvgIpc) is 2.41. The lowest BCUT2D eigenvalue weighted by molar-refractivity contribution is -0.145. The van der Waals surface area contributed by atoms with Gasteiger partial charge in [-0.3, -0.25) is 9.69 Å². The highest BCUT2D eigenvalue weighted by atomic mass is 16.5. The van der Waals surface area contributed by atoms with Crippen molar-refractivity contribution in [1.29, 1.82) is 0 Å². The molecule has 0 unspecified atom stereocenters. The Morgan fingerprint density at radius 2 is 2.21 bits per heavy atom. The summed E-state index contributed by atoms with van der Waals surface area (Å²) in [6, 6.07) is 7.98. The fourth-order valence-corrected chi connectivity index (χ4v) is 2.82. The lowest BCUT2D eigenvalue weighted by Crippen LogP contribution is -2.45. The molecule has 0 spiro atoms. The Morgan fingerprint density at radius 3 is 2.89 bits per heavy atom. The molecule has 0 aliphatic carbocycles. The van der Waals surface area contributed by atoms with Crippen LogP contribution in [0.4, 0.5) is 0 Å². The molecule has 1 N–H and O–H groups in total. The minimum atomic E-state index is -0.683. The Bertz CT molecular complexity index is 447. The van der Waals surface area contributed by atoms with Crippen LogP contribution in [0.25, 0.3) is 0 Å². The van der Waals surface area contributed by atoms with Gasteiger partial charge in [0.1, 0.15) is 5.75 Å². The zero-order valence-electron chi connectivity index (χ0n) is 11.5. The second-order valence-corrected chi connectivity index (χ2v) is 5.11. The lowest BCUT2D eigenvalue weighted by atomic mass is 9.90. The first kappa shape index (κ1) is 13.9. The zero-order chi connectivity index (χ0) is 13.8. The Hall–Kier alpha value is -1.55. The van der Waals surface area contributed by atoms with Crippen LogP contribution < -0.4 is 4.74 Å². The number of methoxy groups -OCH3 is 1. The summed E-state index contributed by atoms with van der Waals surface area (Å²) < 4.78 is 5.35. The van der Waals surface area contributed by atoms with E-state index in [2.05, 4.69) is 4.90 Å². The zero-order valence-corrected chi connectivity index (χ0v) is 11.5. The van der Waals surface area contributed by atoms with Crippen LogP contribution in [0.3, 0.4) is 0 Å². The number of ether oxygens (including phenoxy) is 1. The van der Waals surface area contributed by atoms with E-state index in [1.807, 2.05) is 31.2 Å². The Balaban J connectivity index is 2.11. The van der Waals surface area contributed by atoms with Crippen LogP contribution in [0.2, 0.25) is 0 Å². The molecular formula is C15H21NO3. The number of piperidine rings is 1. The van der Waals surface area contributed by atoms with Crippen LogP contribution in [0.15, 0.2) is 24.3 Å². The maximum atomic E-state index is 11.2. The van der Waals surface area contributed by atoms with E-state index in [1.54, 1.807) is 7.11 Å². The van der Waals surface area contributed by atoms with Gasteiger partial charge in [0.25, 0.3) is 0 Å². The maximum absolute atomic E-state index is 11.2. The number of para-hydroxylation sites is 1. The first-order valence-electron chi connectivity index (χ1n) is 6.72. The van der Waals surface area contributed by atoms with E-state index in [9.17, 15) is 9.90 Å². The molecule has 1 aliphatic heterocycles. The Kier molecular flexibility index (Phi) is 4.43. The summed E-state index contributed by atoms with van der Waals surface area (Å²) in [5.74, 6) is -0.0761. The van der Waals surface area contributed by atoms with E-state index >= 15 is 0 Å². The summed E-state index contributed by atoms with van der Waals surface area (Å²) >= 11 is 0. The number of carboxylic acids is 1. The van der Waals surface area contributed by atoms with Crippen LogP contribution in [0, 0.1) is 5.92 Å². The second kappa shape index (κ2) is 6.06. The number of benzene rings is 1. The molecule has 0 bridgehead atoms. The van der Waals surface area contributed by atoms with Gasteiger partial charge in [0.15, 0.2) is 0 Å². The van der Waals surface area contributed by atoms with Gasteiger partial charge in [0.2, 0.25) is 0 Å². The number of carboxylic acid groups (broad SMARTS) is 1. The summed E-state index contributed by atoms with van der Waals surface area (Å²) in [5.41, 5.74) is 1.11. The third kappa shape index (κ3) is 3.07. The van der Waals surface area contributed by atoms with Crippen molar-refractivity contribution in [2.75, 3.05) is 13.7 Å². The smallest absolute Gasteiger partial charge is 0.308 e. The van der Waals surface area contributed by atoms with Crippen LogP contribution in [0.5, 0.6) is 5.75 Å². The third-order valence-corrected chi connectivity index (χ3v) is 4.00. The topological polar surface area (TPSA) is 49.8 Å². The lowest BCUT2D eigenvalue weighted by Gasteiger charge is -2.37. The predicted molar refractivity (Wildman–Crippen MR) is 73.2 cm³/mol. The quantitative estimate of drug-likeness (QED) is 0.906. The summed E-state index contributed by atoms with van der Waals surface area (Å²) in [6.45, 7) is 3.70. The van der Waals surface area contributed by atoms with E-state index in [-0.39, 0.29) is 12.0 Å². The summed E-state index contributed by atoms with van der Waals surface area (Å²) in [7, 11) is 1.67. The van der Waals surface area contributed by atoms with Gasteiger partial charge < -0.3 is 9.84 Å². The van der Waals surface area contributed by atoms with Crippen molar-refractivity contribution < 1.29 is 14.6 Å². The van der Waals surface area contributed by atoms with E-state index in [0.29, 0.717) is 0 Å². The van der Waals surface area contributed by atoms with E-state index < -0.39 is 5.97 Å². The molecule has 4 heteroatoms. The molecule has 0 aromatic heterocycles. The van der Waals surface area contributed by atoms with Crippen molar-refractivity contribution in [2.45, 2.75) is 32.4 Å². The summed E-state index contributed by atoms with van der Waals surface area (Å²) in [5, 5.41) is 9.24. The predicted octanol–water partition coefficient (Wildman–Crippen LogP) is 2.38. The molecule has 2 atom stereocenters. The van der Waals surface area contributed by atoms with Gasteiger partial charge in [-0.05, 0) is 32.4 Å². The van der Waals surface area contributed by atoms with Crippen molar-refractivity contribution in [3.8, 4) is 5.75 Å². The minimum Gasteiger partial charge on any atom is -0.496 e. The number of likely N-dealkylation sites (tertiary alicyclic amines) is 1. The maximum Gasteiger partial charge on any atom is 0.308 e. The first-order chi connectivity index (χ1) is 9.13. The van der Waals surface area contributed by atoms with Gasteiger partial charge in [-0.25, -0.2) is 0 Å². The number of hydrogen-bond acceptors (Lipinski definition) is 3. The molecule has 2 rings (SSSR count). The van der Waals surface area contributed by atoms with Crippen LogP contribution in [0.1, 0.15) is 25.3 Å². The highest BCUT2D eigenvalue weighted by Crippen LogP contribution is 2.27. The van der Waals surface area contributed by atoms with Crippen LogP contribution in [-0.4, -0.2) is 35.7 Å². The molecule has 19 heavy (non-hydrogen) atoms. The van der Waals surface area contributed by atoms with E-state index in [0.717, 1.165) is 37.2 Å². The van der Waals surface area contributed by atoms with E-state index in [1.165, 1.54) is 0 Å². The average molecular weight is 263 g/mol. The van der Waals surface area contributed by atoms with Crippen molar-refractivity contribution in [1.82, 2.24) is 4.90 Å². The van der Waals surface area contributed by atoms with Crippen LogP contribution in [-0.2, 0) is 11.3 Å². The van der Waals surface area contributed by atoms with Crippen molar-refractivity contribution >= 4 is 5.97 Å². The molecule has 1 aromatic rings. The van der Waals surface area contributed by atoms with Gasteiger partial charge >= 0.3 is 5.97 Å². The second-order valence-electron chi connectivity index (χ2n) is 5.11. The monoisotopic (exact) mass is 263 g/mol. The van der Waals surface area contributed by atoms with Gasteiger partial charge in [0.05, 0.1) is 13.0 Å². The number of hydrogen-bond donors (Lipinski definition) is 1. The summed E-state index contributed by atoms with van der Waals surface area (Å²) in [6.07, 6.45) is 1.72. The van der Waals surface area contributed by atoms with Crippen molar-refractivity contribution in [3.63, 3.8) is 0 Å². The Labute approximate surface area is 114 Å². The molecular weight excluding hydrogens is 242 g/mol. The minimum absolute atomic E-state index is 0.0659. The fraction of sp³-hybridized carbons (Fsp3) is 0.533. The van der Waals surface area contributed by atoms with Crippen LogP contribution >= 0.6 is 0 Å². The third-order valence-electron chi connectivity index (χ3n) is 4.00. The molecule has 1 aromatic carbocycles. The number of aliphatic carboxylic acids is 1. The fourth-order valence-electron chi connectivity index (χ4n) is 2.82. The molecule has 1 saturated heterocycles. The highest BCUT2D eigenvalue weighted by Gasteiger charge is 2.32. The summed E-state index contributed by atoms with van der Waals surface area (Å²) in [4.78, 5) is 13.5. The molecule has 1 fully saturated rings.